The zero-order chi connectivity index (χ0) is 25.8. The second kappa shape index (κ2) is 11.9. The van der Waals surface area contributed by atoms with Crippen molar-refractivity contribution < 1.29 is 19.1 Å². The summed E-state index contributed by atoms with van der Waals surface area (Å²) in [5.74, 6) is 1.54. The summed E-state index contributed by atoms with van der Waals surface area (Å²) >= 11 is 3.27. The van der Waals surface area contributed by atoms with Crippen LogP contribution in [0.15, 0.2) is 59.5 Å². The molecule has 1 saturated heterocycles. The highest BCUT2D eigenvalue weighted by atomic mass is 127. The van der Waals surface area contributed by atoms with Crippen LogP contribution in [-0.4, -0.2) is 29.2 Å². The zero-order valence-electron chi connectivity index (χ0n) is 20.9. The fourth-order valence-electron chi connectivity index (χ4n) is 5.00. The fraction of sp³-hybridized carbons (Fsp3) is 0.333. The number of thioether (sulfide) groups is 1. The molecule has 37 heavy (non-hydrogen) atoms. The summed E-state index contributed by atoms with van der Waals surface area (Å²) in [7, 11) is 0. The number of halogens is 1. The van der Waals surface area contributed by atoms with Gasteiger partial charge in [0, 0.05) is 6.54 Å². The average Bonchev–Trinajstić information content (AvgIpc) is 3.16. The predicted molar refractivity (Wildman–Crippen MR) is 158 cm³/mol. The van der Waals surface area contributed by atoms with Gasteiger partial charge in [-0.25, -0.2) is 0 Å². The normalized spacial score (nSPS) is 17.7. The third kappa shape index (κ3) is 6.14. The molecule has 5 nitrogen and oxygen atoms in total. The predicted octanol–water partition coefficient (Wildman–Crippen LogP) is 8.04. The Morgan fingerprint density at radius 1 is 1.00 bits per heavy atom. The van der Waals surface area contributed by atoms with Crippen molar-refractivity contribution in [2.45, 2.75) is 45.6 Å². The second-order valence-electron chi connectivity index (χ2n) is 9.53. The number of hydrogen-bond donors (Lipinski definition) is 0. The molecule has 7 heteroatoms. The first-order chi connectivity index (χ1) is 18.0. The molecule has 1 aliphatic heterocycles. The van der Waals surface area contributed by atoms with Gasteiger partial charge in [-0.05, 0) is 106 Å². The largest absolute Gasteiger partial charge is 0.490 e. The molecule has 1 saturated carbocycles. The molecule has 0 atom stereocenters. The van der Waals surface area contributed by atoms with Crippen molar-refractivity contribution >= 4 is 62.3 Å². The second-order valence-corrected chi connectivity index (χ2v) is 11.7. The van der Waals surface area contributed by atoms with Gasteiger partial charge in [0.1, 0.15) is 6.61 Å². The summed E-state index contributed by atoms with van der Waals surface area (Å²) in [6.45, 7) is 3.37. The van der Waals surface area contributed by atoms with Gasteiger partial charge in [0.2, 0.25) is 0 Å². The van der Waals surface area contributed by atoms with E-state index in [4.69, 9.17) is 9.47 Å². The van der Waals surface area contributed by atoms with Crippen molar-refractivity contribution in [1.82, 2.24) is 4.90 Å². The quantitative estimate of drug-likeness (QED) is 0.187. The van der Waals surface area contributed by atoms with Crippen LogP contribution < -0.4 is 9.47 Å². The van der Waals surface area contributed by atoms with Gasteiger partial charge in [-0.15, -0.1) is 0 Å². The summed E-state index contributed by atoms with van der Waals surface area (Å²) in [4.78, 5) is 27.6. The average molecular weight is 628 g/mol. The fourth-order valence-corrected chi connectivity index (χ4v) is 6.62. The smallest absolute Gasteiger partial charge is 0.293 e. The number of rotatable bonds is 8. The van der Waals surface area contributed by atoms with E-state index < -0.39 is 0 Å². The third-order valence-electron chi connectivity index (χ3n) is 6.87. The van der Waals surface area contributed by atoms with Crippen LogP contribution in [0.4, 0.5) is 4.79 Å². The first-order valence-corrected chi connectivity index (χ1v) is 14.7. The number of fused-ring (bicyclic) bond motifs is 1. The van der Waals surface area contributed by atoms with E-state index in [1.54, 1.807) is 6.08 Å². The Kier molecular flexibility index (Phi) is 8.39. The van der Waals surface area contributed by atoms with E-state index in [1.807, 2.05) is 31.2 Å². The summed E-state index contributed by atoms with van der Waals surface area (Å²) in [5, 5.41) is 2.20. The lowest BCUT2D eigenvalue weighted by Gasteiger charge is -2.25. The molecule has 2 amide bonds. The highest BCUT2D eigenvalue weighted by molar-refractivity contribution is 14.1. The summed E-state index contributed by atoms with van der Waals surface area (Å²) in [5.41, 5.74) is 1.89. The van der Waals surface area contributed by atoms with Crippen molar-refractivity contribution in [2.75, 3.05) is 13.2 Å². The molecular weight excluding hydrogens is 597 g/mol. The van der Waals surface area contributed by atoms with Crippen LogP contribution in [0.25, 0.3) is 16.8 Å². The summed E-state index contributed by atoms with van der Waals surface area (Å²) < 4.78 is 13.0. The third-order valence-corrected chi connectivity index (χ3v) is 8.57. The maximum absolute atomic E-state index is 13.1. The number of amides is 2. The standard InChI is InChI=1S/C30H30INO4S/c1-2-35-26-16-22(17-27-29(33)32(30(34)37-27)18-20-8-4-3-5-9-20)15-25(31)28(26)36-19-21-12-13-23-10-6-7-11-24(23)14-21/h6-7,10-17,20H,2-5,8-9,18-19H2,1H3/b27-17+. The molecule has 3 aromatic carbocycles. The summed E-state index contributed by atoms with van der Waals surface area (Å²) in [6, 6.07) is 18.4. The Morgan fingerprint density at radius 2 is 1.78 bits per heavy atom. The molecular formula is C30H30INO4S. The van der Waals surface area contributed by atoms with E-state index in [0.717, 1.165) is 39.3 Å². The molecule has 0 N–H and O–H groups in total. The van der Waals surface area contributed by atoms with E-state index >= 15 is 0 Å². The minimum Gasteiger partial charge on any atom is -0.490 e. The number of imide groups is 1. The minimum absolute atomic E-state index is 0.170. The Bertz CT molecular complexity index is 1350. The molecule has 1 heterocycles. The molecule has 0 unspecified atom stereocenters. The maximum atomic E-state index is 13.1. The number of ether oxygens (including phenoxy) is 2. The van der Waals surface area contributed by atoms with Crippen molar-refractivity contribution in [1.29, 1.82) is 0 Å². The SMILES string of the molecule is CCOc1cc(/C=C2/SC(=O)N(CC3CCCCC3)C2=O)cc(I)c1OCc1ccc2ccccc2c1. The summed E-state index contributed by atoms with van der Waals surface area (Å²) in [6.07, 6.45) is 7.61. The molecule has 0 spiro atoms. The first-order valence-electron chi connectivity index (χ1n) is 12.8. The zero-order valence-corrected chi connectivity index (χ0v) is 23.8. The number of hydrogen-bond acceptors (Lipinski definition) is 5. The maximum Gasteiger partial charge on any atom is 0.293 e. The van der Waals surface area contributed by atoms with E-state index in [2.05, 4.69) is 52.9 Å². The molecule has 2 aliphatic rings. The molecule has 3 aromatic rings. The molecule has 0 radical (unpaired) electrons. The Morgan fingerprint density at radius 3 is 2.57 bits per heavy atom. The highest BCUT2D eigenvalue weighted by Crippen LogP contribution is 2.38. The lowest BCUT2D eigenvalue weighted by atomic mass is 9.89. The number of carbonyl (C=O) groups excluding carboxylic acids is 2. The van der Waals surface area contributed by atoms with Crippen molar-refractivity contribution in [3.8, 4) is 11.5 Å². The van der Waals surface area contributed by atoms with E-state index in [9.17, 15) is 9.59 Å². The number of nitrogens with zero attached hydrogens (tertiary/aromatic N) is 1. The number of carbonyl (C=O) groups is 2. The van der Waals surface area contributed by atoms with Gasteiger partial charge >= 0.3 is 0 Å². The molecule has 0 bridgehead atoms. The minimum atomic E-state index is -0.190. The van der Waals surface area contributed by atoms with Crippen LogP contribution >= 0.6 is 34.4 Å². The molecule has 5 rings (SSSR count). The Hall–Kier alpha value is -2.52. The van der Waals surface area contributed by atoms with Crippen LogP contribution in [0.1, 0.15) is 50.2 Å². The topological polar surface area (TPSA) is 55.8 Å². The molecule has 0 aromatic heterocycles. The van der Waals surface area contributed by atoms with Gasteiger partial charge in [-0.2, -0.15) is 0 Å². The van der Waals surface area contributed by atoms with Crippen molar-refractivity contribution in [2.24, 2.45) is 5.92 Å². The first kappa shape index (κ1) is 26.1. The van der Waals surface area contributed by atoms with Crippen molar-refractivity contribution in [3.05, 3.63) is 74.2 Å². The van der Waals surface area contributed by atoms with Gasteiger partial charge in [-0.3, -0.25) is 14.5 Å². The monoisotopic (exact) mass is 627 g/mol. The van der Waals surface area contributed by atoms with Gasteiger partial charge in [0.25, 0.3) is 11.1 Å². The van der Waals surface area contributed by atoms with Gasteiger partial charge < -0.3 is 9.47 Å². The van der Waals surface area contributed by atoms with Gasteiger partial charge in [-0.1, -0.05) is 55.7 Å². The lowest BCUT2D eigenvalue weighted by Crippen LogP contribution is -2.34. The highest BCUT2D eigenvalue weighted by Gasteiger charge is 2.36. The van der Waals surface area contributed by atoms with Crippen LogP contribution in [0.2, 0.25) is 0 Å². The van der Waals surface area contributed by atoms with Gasteiger partial charge in [0.15, 0.2) is 11.5 Å². The molecule has 2 fully saturated rings. The van der Waals surface area contributed by atoms with Crippen LogP contribution in [0.5, 0.6) is 11.5 Å². The van der Waals surface area contributed by atoms with E-state index in [1.165, 1.54) is 34.9 Å². The molecule has 1 aliphatic carbocycles. The van der Waals surface area contributed by atoms with Gasteiger partial charge in [0.05, 0.1) is 15.1 Å². The Balaban J connectivity index is 1.33. The van der Waals surface area contributed by atoms with E-state index in [0.29, 0.717) is 42.1 Å². The van der Waals surface area contributed by atoms with Crippen molar-refractivity contribution in [3.63, 3.8) is 0 Å². The molecule has 192 valence electrons. The lowest BCUT2D eigenvalue weighted by molar-refractivity contribution is -0.123. The van der Waals surface area contributed by atoms with Crippen LogP contribution in [-0.2, 0) is 11.4 Å². The van der Waals surface area contributed by atoms with Crippen LogP contribution in [0.3, 0.4) is 0 Å². The van der Waals surface area contributed by atoms with E-state index in [-0.39, 0.29) is 11.1 Å². The van der Waals surface area contributed by atoms with Crippen LogP contribution in [0, 0.1) is 9.49 Å². The number of benzene rings is 3. The Labute approximate surface area is 235 Å².